The highest BCUT2D eigenvalue weighted by Gasteiger charge is 2.43. The molecule has 0 aliphatic heterocycles. The molecular weight excluding hydrogens is 324 g/mol. The molecule has 0 amide bonds. The lowest BCUT2D eigenvalue weighted by Crippen LogP contribution is -2.64. The van der Waals surface area contributed by atoms with E-state index in [1.165, 1.54) is 16.8 Å². The van der Waals surface area contributed by atoms with Crippen LogP contribution < -0.4 is 10.4 Å². The third-order valence-corrected chi connectivity index (χ3v) is 8.09. The van der Waals surface area contributed by atoms with Crippen LogP contribution in [0.5, 0.6) is 0 Å². The van der Waals surface area contributed by atoms with E-state index in [0.717, 1.165) is 32.5 Å². The van der Waals surface area contributed by atoms with Crippen molar-refractivity contribution >= 4 is 18.9 Å². The number of allylic oxidation sites excluding steroid dienone is 2. The third kappa shape index (κ3) is 4.49. The number of hydrogen-bond donors (Lipinski definition) is 0. The molecule has 1 aliphatic rings. The molecule has 0 bridgehead atoms. The van der Waals surface area contributed by atoms with Gasteiger partial charge in [0.15, 0.2) is 0 Å². The van der Waals surface area contributed by atoms with Crippen LogP contribution in [0.2, 0.25) is 0 Å². The molecule has 1 unspecified atom stereocenters. The fourth-order valence-electron chi connectivity index (χ4n) is 3.35. The van der Waals surface area contributed by atoms with E-state index >= 15 is 0 Å². The molecule has 2 nitrogen and oxygen atoms in total. The van der Waals surface area contributed by atoms with E-state index in [-0.39, 0.29) is 0 Å². The van der Waals surface area contributed by atoms with Gasteiger partial charge in [0, 0.05) is 13.2 Å². The summed E-state index contributed by atoms with van der Waals surface area (Å²) < 4.78 is 13.3. The van der Waals surface area contributed by atoms with Crippen molar-refractivity contribution in [1.82, 2.24) is 0 Å². The number of rotatable bonds is 8. The summed E-state index contributed by atoms with van der Waals surface area (Å²) >= 11 is 0. The lowest BCUT2D eigenvalue weighted by molar-refractivity contribution is 0.160. The van der Waals surface area contributed by atoms with E-state index in [1.807, 2.05) is 0 Å². The molecule has 0 saturated carbocycles. The van der Waals surface area contributed by atoms with Crippen LogP contribution in [0, 0.1) is 5.92 Å². The summed E-state index contributed by atoms with van der Waals surface area (Å²) in [5, 5.41) is 2.39. The van der Waals surface area contributed by atoms with Gasteiger partial charge < -0.3 is 8.85 Å². The maximum Gasteiger partial charge on any atom is 0.407 e. The maximum atomic E-state index is 6.73. The molecule has 2 aromatic carbocycles. The van der Waals surface area contributed by atoms with Gasteiger partial charge in [-0.1, -0.05) is 79.7 Å². The van der Waals surface area contributed by atoms with Crippen LogP contribution in [0.15, 0.2) is 72.8 Å². The zero-order chi connectivity index (χ0) is 17.4. The number of hydrogen-bond acceptors (Lipinski definition) is 2. The zero-order valence-corrected chi connectivity index (χ0v) is 16.1. The van der Waals surface area contributed by atoms with E-state index < -0.39 is 8.56 Å². The van der Waals surface area contributed by atoms with E-state index in [9.17, 15) is 0 Å². The summed E-state index contributed by atoms with van der Waals surface area (Å²) in [5.74, 6) is 0.592. The highest BCUT2D eigenvalue weighted by molar-refractivity contribution is 6.92. The van der Waals surface area contributed by atoms with Crippen molar-refractivity contribution in [2.45, 2.75) is 32.6 Å². The fraction of sp³-hybridized carbons (Fsp3) is 0.364. The molecule has 0 radical (unpaired) electrons. The van der Waals surface area contributed by atoms with E-state index in [0.29, 0.717) is 5.92 Å². The predicted molar refractivity (Wildman–Crippen MR) is 107 cm³/mol. The maximum absolute atomic E-state index is 6.73. The second-order valence-corrected chi connectivity index (χ2v) is 9.62. The van der Waals surface area contributed by atoms with Crippen molar-refractivity contribution in [1.29, 1.82) is 0 Å². The third-order valence-electron chi connectivity index (χ3n) is 4.72. The van der Waals surface area contributed by atoms with Gasteiger partial charge in [0.1, 0.15) is 0 Å². The van der Waals surface area contributed by atoms with E-state index in [1.54, 1.807) is 0 Å². The van der Waals surface area contributed by atoms with Crippen LogP contribution in [-0.2, 0) is 8.85 Å². The van der Waals surface area contributed by atoms with E-state index in [4.69, 9.17) is 8.85 Å². The lowest BCUT2D eigenvalue weighted by Gasteiger charge is -2.33. The van der Waals surface area contributed by atoms with Crippen molar-refractivity contribution in [2.24, 2.45) is 5.92 Å². The Labute approximate surface area is 152 Å². The summed E-state index contributed by atoms with van der Waals surface area (Å²) in [5.41, 5.74) is 0. The Hall–Kier alpha value is -1.68. The first kappa shape index (κ1) is 18.1. The van der Waals surface area contributed by atoms with Gasteiger partial charge in [-0.2, -0.15) is 0 Å². The number of benzene rings is 2. The standard InChI is InChI=1S/C22H28O2Si/c1-2-18-23-25(21-14-8-4-9-15-21,22-16-10-5-11-17-22)24-19-20-12-6-3-7-13-20/h3-6,8-11,14-17,20H,2,7,12-13,18-19H2,1H3. The summed E-state index contributed by atoms with van der Waals surface area (Å²) in [4.78, 5) is 0. The zero-order valence-electron chi connectivity index (χ0n) is 15.1. The Morgan fingerprint density at radius 3 is 2.04 bits per heavy atom. The summed E-state index contributed by atoms with van der Waals surface area (Å²) in [6.45, 7) is 3.64. The quantitative estimate of drug-likeness (QED) is 0.527. The highest BCUT2D eigenvalue weighted by atomic mass is 28.4. The molecule has 2 aromatic rings. The summed E-state index contributed by atoms with van der Waals surface area (Å²) in [7, 11) is -2.68. The van der Waals surface area contributed by atoms with Crippen LogP contribution >= 0.6 is 0 Å². The van der Waals surface area contributed by atoms with Crippen LogP contribution in [0.3, 0.4) is 0 Å². The Kier molecular flexibility index (Phi) is 6.62. The Morgan fingerprint density at radius 2 is 1.52 bits per heavy atom. The average Bonchev–Trinajstić information content (AvgIpc) is 2.71. The minimum Gasteiger partial charge on any atom is -0.388 e. The normalized spacial score (nSPS) is 17.6. The molecule has 3 heteroatoms. The molecule has 3 rings (SSSR count). The minimum absolute atomic E-state index is 0.592. The van der Waals surface area contributed by atoms with Crippen molar-refractivity contribution in [2.75, 3.05) is 13.2 Å². The van der Waals surface area contributed by atoms with Crippen molar-refractivity contribution in [3.05, 3.63) is 72.8 Å². The largest absolute Gasteiger partial charge is 0.407 e. The highest BCUT2D eigenvalue weighted by Crippen LogP contribution is 2.21. The topological polar surface area (TPSA) is 18.5 Å². The van der Waals surface area contributed by atoms with Crippen LogP contribution in [0.4, 0.5) is 0 Å². The first-order valence-corrected chi connectivity index (χ1v) is 11.2. The van der Waals surface area contributed by atoms with Gasteiger partial charge in [-0.3, -0.25) is 0 Å². The monoisotopic (exact) mass is 352 g/mol. The summed E-state index contributed by atoms with van der Waals surface area (Å²) in [6.07, 6.45) is 9.04. The average molecular weight is 353 g/mol. The van der Waals surface area contributed by atoms with E-state index in [2.05, 4.69) is 79.7 Å². The fourth-order valence-corrected chi connectivity index (χ4v) is 6.65. The molecule has 0 heterocycles. The molecule has 132 valence electrons. The SMILES string of the molecule is CCCO[Si](OCC1CC=CCC1)(c1ccccc1)c1ccccc1. The second kappa shape index (κ2) is 9.14. The molecule has 1 aliphatic carbocycles. The molecule has 0 aromatic heterocycles. The molecule has 0 fully saturated rings. The van der Waals surface area contributed by atoms with Gasteiger partial charge in [-0.25, -0.2) is 0 Å². The Bertz CT molecular complexity index is 615. The van der Waals surface area contributed by atoms with Gasteiger partial charge in [-0.05, 0) is 42.0 Å². The van der Waals surface area contributed by atoms with Crippen molar-refractivity contribution in [3.63, 3.8) is 0 Å². The molecule has 0 saturated heterocycles. The molecule has 25 heavy (non-hydrogen) atoms. The molecule has 0 N–H and O–H groups in total. The molecule has 1 atom stereocenters. The Morgan fingerprint density at radius 1 is 0.880 bits per heavy atom. The first-order valence-electron chi connectivity index (χ1n) is 9.39. The lowest BCUT2D eigenvalue weighted by atomic mass is 9.96. The van der Waals surface area contributed by atoms with Crippen LogP contribution in [-0.4, -0.2) is 21.8 Å². The van der Waals surface area contributed by atoms with Crippen LogP contribution in [0.1, 0.15) is 32.6 Å². The molecule has 0 spiro atoms. The smallest absolute Gasteiger partial charge is 0.388 e. The Balaban J connectivity index is 1.93. The molecular formula is C22H28O2Si. The van der Waals surface area contributed by atoms with Gasteiger partial charge in [0.05, 0.1) is 0 Å². The van der Waals surface area contributed by atoms with Crippen molar-refractivity contribution in [3.8, 4) is 0 Å². The van der Waals surface area contributed by atoms with Gasteiger partial charge in [-0.15, -0.1) is 0 Å². The second-order valence-electron chi connectivity index (χ2n) is 6.66. The summed E-state index contributed by atoms with van der Waals surface area (Å²) in [6, 6.07) is 21.1. The van der Waals surface area contributed by atoms with Crippen molar-refractivity contribution < 1.29 is 8.85 Å². The minimum atomic E-state index is -2.68. The van der Waals surface area contributed by atoms with Gasteiger partial charge >= 0.3 is 8.56 Å². The van der Waals surface area contributed by atoms with Crippen LogP contribution in [0.25, 0.3) is 0 Å². The predicted octanol–water partition coefficient (Wildman–Crippen LogP) is 4.04. The first-order chi connectivity index (χ1) is 12.3. The van der Waals surface area contributed by atoms with Gasteiger partial charge in [0.25, 0.3) is 0 Å². The van der Waals surface area contributed by atoms with Gasteiger partial charge in [0.2, 0.25) is 0 Å².